The molecule has 0 aromatic rings. The van der Waals surface area contributed by atoms with E-state index >= 15 is 0 Å². The Bertz CT molecular complexity index is 297. The maximum Gasteiger partial charge on any atom is 0.323 e. The van der Waals surface area contributed by atoms with Crippen molar-refractivity contribution in [3.05, 3.63) is 0 Å². The lowest BCUT2D eigenvalue weighted by molar-refractivity contribution is -0.186. The first-order chi connectivity index (χ1) is 9.96. The molecule has 0 radical (unpaired) electrons. The quantitative estimate of drug-likeness (QED) is 0.252. The van der Waals surface area contributed by atoms with Gasteiger partial charge in [-0.25, -0.2) is 0 Å². The third-order valence-electron chi connectivity index (χ3n) is 3.09. The summed E-state index contributed by atoms with van der Waals surface area (Å²) in [6, 6.07) is 0. The van der Waals surface area contributed by atoms with Crippen LogP contribution in [0.3, 0.4) is 0 Å². The Hall–Kier alpha value is -1.14. The Balaban J connectivity index is 4.93. The smallest absolute Gasteiger partial charge is 0.323 e. The van der Waals surface area contributed by atoms with E-state index in [1.54, 1.807) is 13.8 Å². The minimum atomic E-state index is -1.43. The predicted molar refractivity (Wildman–Crippen MR) is 77.6 cm³/mol. The molecule has 0 N–H and O–H groups in total. The lowest BCUT2D eigenvalue weighted by Crippen LogP contribution is -2.43. The molecule has 0 aromatic heterocycles. The summed E-state index contributed by atoms with van der Waals surface area (Å²) in [5.41, 5.74) is -1.43. The Morgan fingerprint density at radius 2 is 1.57 bits per heavy atom. The van der Waals surface area contributed by atoms with E-state index in [0.717, 1.165) is 12.8 Å². The van der Waals surface area contributed by atoms with Crippen molar-refractivity contribution in [2.24, 2.45) is 5.41 Å². The number of hydrogen-bond donors (Lipinski definition) is 0. The Kier molecular flexibility index (Phi) is 9.99. The van der Waals surface area contributed by atoms with Crippen molar-refractivity contribution in [1.29, 1.82) is 0 Å². The van der Waals surface area contributed by atoms with Crippen LogP contribution in [0.15, 0.2) is 0 Å². The van der Waals surface area contributed by atoms with E-state index in [0.29, 0.717) is 6.61 Å². The number of unbranched alkanes of at least 4 members (excludes halogenated alkanes) is 1. The number of hydrogen-bond acceptors (Lipinski definition) is 6. The van der Waals surface area contributed by atoms with Crippen molar-refractivity contribution < 1.29 is 28.5 Å². The van der Waals surface area contributed by atoms with Crippen LogP contribution < -0.4 is 0 Å². The first-order valence-electron chi connectivity index (χ1n) is 7.45. The molecule has 0 aliphatic heterocycles. The van der Waals surface area contributed by atoms with Crippen molar-refractivity contribution in [2.75, 3.05) is 26.9 Å². The molecule has 0 bridgehead atoms. The third-order valence-corrected chi connectivity index (χ3v) is 3.09. The van der Waals surface area contributed by atoms with E-state index in [2.05, 4.69) is 0 Å². The average molecular weight is 304 g/mol. The number of rotatable bonds is 11. The van der Waals surface area contributed by atoms with Crippen molar-refractivity contribution >= 4 is 11.9 Å². The zero-order chi connectivity index (χ0) is 16.3. The van der Waals surface area contributed by atoms with Gasteiger partial charge < -0.3 is 18.9 Å². The molecule has 1 unspecified atom stereocenters. The van der Waals surface area contributed by atoms with Gasteiger partial charge in [0.2, 0.25) is 0 Å². The van der Waals surface area contributed by atoms with Crippen molar-refractivity contribution in [1.82, 2.24) is 0 Å². The van der Waals surface area contributed by atoms with Gasteiger partial charge >= 0.3 is 11.9 Å². The third kappa shape index (κ3) is 6.44. The van der Waals surface area contributed by atoms with Gasteiger partial charge in [-0.2, -0.15) is 0 Å². The molecule has 0 amide bonds. The fourth-order valence-corrected chi connectivity index (χ4v) is 1.73. The number of esters is 2. The SMILES string of the molecule is CCCCOC(CC(C)(C(=O)OCC)C(=O)OCC)OC. The van der Waals surface area contributed by atoms with Gasteiger partial charge in [0.25, 0.3) is 0 Å². The van der Waals surface area contributed by atoms with E-state index in [9.17, 15) is 9.59 Å². The molecule has 6 heteroatoms. The summed E-state index contributed by atoms with van der Waals surface area (Å²) < 4.78 is 20.7. The molecule has 0 fully saturated rings. The van der Waals surface area contributed by atoms with Gasteiger partial charge in [0.15, 0.2) is 11.7 Å². The monoisotopic (exact) mass is 304 g/mol. The van der Waals surface area contributed by atoms with E-state index in [4.69, 9.17) is 18.9 Å². The maximum atomic E-state index is 12.1. The molecule has 0 spiro atoms. The van der Waals surface area contributed by atoms with Crippen LogP contribution in [0.2, 0.25) is 0 Å². The van der Waals surface area contributed by atoms with E-state index < -0.39 is 23.6 Å². The second kappa shape index (κ2) is 10.6. The van der Waals surface area contributed by atoms with Crippen molar-refractivity contribution in [3.63, 3.8) is 0 Å². The molecule has 0 rings (SSSR count). The minimum Gasteiger partial charge on any atom is -0.465 e. The summed E-state index contributed by atoms with van der Waals surface area (Å²) in [6.07, 6.45) is 1.28. The molecule has 0 aliphatic rings. The Morgan fingerprint density at radius 1 is 1.05 bits per heavy atom. The van der Waals surface area contributed by atoms with Crippen LogP contribution in [0.4, 0.5) is 0 Å². The average Bonchev–Trinajstić information content (AvgIpc) is 2.46. The summed E-state index contributed by atoms with van der Waals surface area (Å²) in [5, 5.41) is 0. The molecule has 21 heavy (non-hydrogen) atoms. The second-order valence-corrected chi connectivity index (χ2v) is 4.87. The number of carbonyl (C=O) groups excluding carboxylic acids is 2. The van der Waals surface area contributed by atoms with Gasteiger partial charge in [-0.05, 0) is 27.2 Å². The zero-order valence-corrected chi connectivity index (χ0v) is 13.8. The van der Waals surface area contributed by atoms with Crippen LogP contribution in [-0.4, -0.2) is 45.2 Å². The fraction of sp³-hybridized carbons (Fsp3) is 0.867. The topological polar surface area (TPSA) is 71.1 Å². The van der Waals surface area contributed by atoms with Gasteiger partial charge in [0.05, 0.1) is 13.2 Å². The van der Waals surface area contributed by atoms with Crippen LogP contribution >= 0.6 is 0 Å². The van der Waals surface area contributed by atoms with Gasteiger partial charge in [-0.15, -0.1) is 0 Å². The van der Waals surface area contributed by atoms with E-state index in [1.165, 1.54) is 14.0 Å². The number of methoxy groups -OCH3 is 1. The lowest BCUT2D eigenvalue weighted by Gasteiger charge is -2.28. The van der Waals surface area contributed by atoms with Gasteiger partial charge in [0.1, 0.15) is 0 Å². The van der Waals surface area contributed by atoms with Crippen LogP contribution in [0.5, 0.6) is 0 Å². The second-order valence-electron chi connectivity index (χ2n) is 4.87. The van der Waals surface area contributed by atoms with Gasteiger partial charge in [0, 0.05) is 20.1 Å². The number of carbonyl (C=O) groups is 2. The first kappa shape index (κ1) is 19.9. The molecule has 124 valence electrons. The normalized spacial score (nSPS) is 12.8. The molecular weight excluding hydrogens is 276 g/mol. The molecule has 6 nitrogen and oxygen atoms in total. The largest absolute Gasteiger partial charge is 0.465 e. The first-order valence-corrected chi connectivity index (χ1v) is 7.45. The van der Waals surface area contributed by atoms with Crippen molar-refractivity contribution in [2.45, 2.75) is 53.2 Å². The van der Waals surface area contributed by atoms with E-state index in [1.807, 2.05) is 6.92 Å². The maximum absolute atomic E-state index is 12.1. The molecule has 0 aromatic carbocycles. The summed E-state index contributed by atoms with van der Waals surface area (Å²) >= 11 is 0. The highest BCUT2D eigenvalue weighted by molar-refractivity contribution is 5.99. The van der Waals surface area contributed by atoms with Crippen LogP contribution in [-0.2, 0) is 28.5 Å². The highest BCUT2D eigenvalue weighted by atomic mass is 16.7. The van der Waals surface area contributed by atoms with Gasteiger partial charge in [-0.3, -0.25) is 9.59 Å². The highest BCUT2D eigenvalue weighted by Crippen LogP contribution is 2.29. The van der Waals surface area contributed by atoms with Crippen LogP contribution in [0.25, 0.3) is 0 Å². The molecule has 0 heterocycles. The molecular formula is C15H28O6. The summed E-state index contributed by atoms with van der Waals surface area (Å²) in [6.45, 7) is 7.83. The lowest BCUT2D eigenvalue weighted by atomic mass is 9.86. The minimum absolute atomic E-state index is 0.0604. The predicted octanol–water partition coefficient (Wildman–Crippen LogP) is 2.30. The number of ether oxygens (including phenoxy) is 4. The Morgan fingerprint density at radius 3 is 1.95 bits per heavy atom. The summed E-state index contributed by atoms with van der Waals surface area (Å²) in [5.74, 6) is -1.24. The van der Waals surface area contributed by atoms with Crippen LogP contribution in [0.1, 0.15) is 47.0 Å². The summed E-state index contributed by atoms with van der Waals surface area (Å²) in [4.78, 5) is 24.3. The summed E-state index contributed by atoms with van der Waals surface area (Å²) in [7, 11) is 1.48. The fourth-order valence-electron chi connectivity index (χ4n) is 1.73. The van der Waals surface area contributed by atoms with E-state index in [-0.39, 0.29) is 19.6 Å². The zero-order valence-electron chi connectivity index (χ0n) is 13.8. The highest BCUT2D eigenvalue weighted by Gasteiger charge is 2.46. The van der Waals surface area contributed by atoms with Crippen LogP contribution in [0, 0.1) is 5.41 Å². The standard InChI is InChI=1S/C15H28O6/c1-6-9-10-21-12(18-5)11-15(4,13(16)19-7-2)14(17)20-8-3/h12H,6-11H2,1-5H3. The molecule has 0 saturated carbocycles. The Labute approximate surface area is 127 Å². The van der Waals surface area contributed by atoms with Crippen molar-refractivity contribution in [3.8, 4) is 0 Å². The van der Waals surface area contributed by atoms with Gasteiger partial charge in [-0.1, -0.05) is 13.3 Å². The molecule has 0 saturated heterocycles. The molecule has 0 aliphatic carbocycles. The molecule has 1 atom stereocenters.